The van der Waals surface area contributed by atoms with Gasteiger partial charge in [-0.05, 0) is 41.9 Å². The van der Waals surface area contributed by atoms with Crippen molar-refractivity contribution in [2.24, 2.45) is 0 Å². The molecule has 2 nitrogen and oxygen atoms in total. The highest BCUT2D eigenvalue weighted by molar-refractivity contribution is 7.10. The number of pyridine rings is 1. The van der Waals surface area contributed by atoms with Crippen molar-refractivity contribution in [3.63, 3.8) is 0 Å². The van der Waals surface area contributed by atoms with E-state index in [1.807, 2.05) is 30.5 Å². The second-order valence-corrected chi connectivity index (χ2v) is 6.64. The fourth-order valence-electron chi connectivity index (χ4n) is 2.17. The number of aromatic nitrogens is 1. The number of hydrogen-bond donors (Lipinski definition) is 1. The summed E-state index contributed by atoms with van der Waals surface area (Å²) in [7, 11) is 0. The zero-order valence-electron chi connectivity index (χ0n) is 11.2. The Balaban J connectivity index is 1.84. The fraction of sp³-hybridized carbons (Fsp3) is 0.188. The lowest BCUT2D eigenvalue weighted by Crippen LogP contribution is -2.13. The van der Waals surface area contributed by atoms with Crippen LogP contribution in [0.25, 0.3) is 0 Å². The van der Waals surface area contributed by atoms with Gasteiger partial charge in [-0.15, -0.1) is 22.7 Å². The molecule has 4 heteroatoms. The van der Waals surface area contributed by atoms with E-state index in [-0.39, 0.29) is 0 Å². The molecule has 102 valence electrons. The van der Waals surface area contributed by atoms with Gasteiger partial charge >= 0.3 is 0 Å². The first-order valence-electron chi connectivity index (χ1n) is 6.57. The van der Waals surface area contributed by atoms with Crippen LogP contribution in [0, 0.1) is 6.92 Å². The molecular weight excluding hydrogens is 284 g/mol. The molecule has 0 spiro atoms. The van der Waals surface area contributed by atoms with Crippen LogP contribution in [0.2, 0.25) is 0 Å². The maximum absolute atomic E-state index is 4.35. The van der Waals surface area contributed by atoms with E-state index in [1.165, 1.54) is 9.75 Å². The van der Waals surface area contributed by atoms with E-state index >= 15 is 0 Å². The van der Waals surface area contributed by atoms with Gasteiger partial charge in [-0.2, -0.15) is 0 Å². The molecule has 3 aromatic heterocycles. The molecule has 0 amide bonds. The minimum atomic E-state index is 0.302. The van der Waals surface area contributed by atoms with Crippen LogP contribution in [0.3, 0.4) is 0 Å². The first kappa shape index (κ1) is 13.3. The minimum absolute atomic E-state index is 0.302. The average Bonchev–Trinajstić information content (AvgIpc) is 3.12. The van der Waals surface area contributed by atoms with Crippen LogP contribution in [0.15, 0.2) is 53.4 Å². The van der Waals surface area contributed by atoms with Crippen LogP contribution in [0.4, 0.5) is 5.69 Å². The molecule has 0 aromatic carbocycles. The normalized spacial score (nSPS) is 12.2. The minimum Gasteiger partial charge on any atom is -0.376 e. The van der Waals surface area contributed by atoms with E-state index in [0.29, 0.717) is 6.04 Å². The van der Waals surface area contributed by atoms with Gasteiger partial charge in [-0.1, -0.05) is 12.1 Å². The first-order chi connectivity index (χ1) is 9.83. The van der Waals surface area contributed by atoms with Crippen LogP contribution in [0.1, 0.15) is 21.5 Å². The number of nitrogens with zero attached hydrogens (tertiary/aromatic N) is 1. The predicted octanol–water partition coefficient (Wildman–Crippen LogP) is 4.91. The van der Waals surface area contributed by atoms with E-state index in [4.69, 9.17) is 0 Å². The molecule has 0 saturated heterocycles. The molecule has 0 aliphatic carbocycles. The molecule has 3 aromatic rings. The summed E-state index contributed by atoms with van der Waals surface area (Å²) in [5.41, 5.74) is 2.16. The summed E-state index contributed by atoms with van der Waals surface area (Å²) >= 11 is 3.61. The van der Waals surface area contributed by atoms with E-state index < -0.39 is 0 Å². The van der Waals surface area contributed by atoms with Crippen molar-refractivity contribution in [2.75, 3.05) is 5.32 Å². The van der Waals surface area contributed by atoms with E-state index in [9.17, 15) is 0 Å². The van der Waals surface area contributed by atoms with E-state index in [1.54, 1.807) is 11.3 Å². The average molecular weight is 300 g/mol. The third kappa shape index (κ3) is 3.08. The van der Waals surface area contributed by atoms with Crippen LogP contribution < -0.4 is 5.32 Å². The Hall–Kier alpha value is -1.65. The van der Waals surface area contributed by atoms with Crippen molar-refractivity contribution in [3.8, 4) is 0 Å². The summed E-state index contributed by atoms with van der Waals surface area (Å²) in [4.78, 5) is 7.12. The van der Waals surface area contributed by atoms with Gasteiger partial charge in [0.1, 0.15) is 0 Å². The van der Waals surface area contributed by atoms with Gasteiger partial charge in [0.25, 0.3) is 0 Å². The zero-order valence-corrected chi connectivity index (χ0v) is 12.9. The zero-order chi connectivity index (χ0) is 13.8. The highest BCUT2D eigenvalue weighted by Crippen LogP contribution is 2.29. The van der Waals surface area contributed by atoms with Gasteiger partial charge in [-0.25, -0.2) is 0 Å². The Kier molecular flexibility index (Phi) is 4.14. The van der Waals surface area contributed by atoms with Crippen molar-refractivity contribution < 1.29 is 0 Å². The molecule has 20 heavy (non-hydrogen) atoms. The summed E-state index contributed by atoms with van der Waals surface area (Å²) in [6.45, 7) is 2.04. The number of aryl methyl sites for hydroxylation is 1. The lowest BCUT2D eigenvalue weighted by Gasteiger charge is -2.19. The highest BCUT2D eigenvalue weighted by Gasteiger charge is 2.15. The summed E-state index contributed by atoms with van der Waals surface area (Å²) < 4.78 is 0. The second-order valence-electron chi connectivity index (χ2n) is 4.63. The maximum atomic E-state index is 4.35. The van der Waals surface area contributed by atoms with Crippen LogP contribution in [-0.2, 0) is 6.42 Å². The molecule has 0 aliphatic rings. The molecular formula is C16H16N2S2. The van der Waals surface area contributed by atoms with Crippen LogP contribution in [-0.4, -0.2) is 4.98 Å². The first-order valence-corrected chi connectivity index (χ1v) is 8.33. The SMILES string of the molecule is Cc1ncccc1NC(Cc1cccs1)c1cccs1. The number of anilines is 1. The Bertz CT molecular complexity index is 645. The van der Waals surface area contributed by atoms with Gasteiger partial charge in [-0.3, -0.25) is 4.98 Å². The standard InChI is InChI=1S/C16H16N2S2/c1-12-14(6-2-8-17-12)18-15(16-7-4-10-20-16)11-13-5-3-9-19-13/h2-10,15,18H,11H2,1H3. The van der Waals surface area contributed by atoms with E-state index in [2.05, 4.69) is 51.4 Å². The largest absolute Gasteiger partial charge is 0.376 e. The molecule has 1 unspecified atom stereocenters. The smallest absolute Gasteiger partial charge is 0.0655 e. The summed E-state index contributed by atoms with van der Waals surface area (Å²) in [6, 6.07) is 13.0. The van der Waals surface area contributed by atoms with Gasteiger partial charge in [0, 0.05) is 22.4 Å². The highest BCUT2D eigenvalue weighted by atomic mass is 32.1. The number of nitrogens with one attached hydrogen (secondary N) is 1. The Morgan fingerprint density at radius 1 is 1.10 bits per heavy atom. The van der Waals surface area contributed by atoms with Gasteiger partial charge in [0.15, 0.2) is 0 Å². The summed E-state index contributed by atoms with van der Waals surface area (Å²) in [5, 5.41) is 7.91. The number of hydrogen-bond acceptors (Lipinski definition) is 4. The lowest BCUT2D eigenvalue weighted by atomic mass is 10.1. The lowest BCUT2D eigenvalue weighted by molar-refractivity contribution is 0.799. The van der Waals surface area contributed by atoms with Crippen molar-refractivity contribution in [1.29, 1.82) is 0 Å². The monoisotopic (exact) mass is 300 g/mol. The topological polar surface area (TPSA) is 24.9 Å². The summed E-state index contributed by atoms with van der Waals surface area (Å²) in [6.07, 6.45) is 2.84. The predicted molar refractivity (Wildman–Crippen MR) is 87.7 cm³/mol. The quantitative estimate of drug-likeness (QED) is 0.724. The molecule has 3 heterocycles. The van der Waals surface area contributed by atoms with Crippen molar-refractivity contribution in [2.45, 2.75) is 19.4 Å². The molecule has 1 atom stereocenters. The Morgan fingerprint density at radius 2 is 1.95 bits per heavy atom. The van der Waals surface area contributed by atoms with Gasteiger partial charge < -0.3 is 5.32 Å². The van der Waals surface area contributed by atoms with Crippen LogP contribution >= 0.6 is 22.7 Å². The second kappa shape index (κ2) is 6.20. The van der Waals surface area contributed by atoms with Crippen molar-refractivity contribution >= 4 is 28.4 Å². The third-order valence-electron chi connectivity index (χ3n) is 3.21. The Labute approximate surface area is 127 Å². The number of thiophene rings is 2. The summed E-state index contributed by atoms with van der Waals surface area (Å²) in [5.74, 6) is 0. The fourth-order valence-corrected chi connectivity index (χ4v) is 3.70. The molecule has 0 aliphatic heterocycles. The Morgan fingerprint density at radius 3 is 2.65 bits per heavy atom. The number of rotatable bonds is 5. The molecule has 0 bridgehead atoms. The molecule has 0 radical (unpaired) electrons. The molecule has 3 rings (SSSR count). The molecule has 1 N–H and O–H groups in total. The van der Waals surface area contributed by atoms with Gasteiger partial charge in [0.05, 0.1) is 17.4 Å². The van der Waals surface area contributed by atoms with Gasteiger partial charge in [0.2, 0.25) is 0 Å². The molecule has 0 saturated carbocycles. The van der Waals surface area contributed by atoms with Crippen LogP contribution in [0.5, 0.6) is 0 Å². The molecule has 0 fully saturated rings. The van der Waals surface area contributed by atoms with E-state index in [0.717, 1.165) is 17.8 Å². The third-order valence-corrected chi connectivity index (χ3v) is 5.09. The van der Waals surface area contributed by atoms with Crippen molar-refractivity contribution in [3.05, 3.63) is 68.8 Å². The maximum Gasteiger partial charge on any atom is 0.0655 e. The van der Waals surface area contributed by atoms with Crippen molar-refractivity contribution in [1.82, 2.24) is 4.98 Å².